The fourth-order valence-electron chi connectivity index (χ4n) is 3.17. The maximum atomic E-state index is 12.9. The van der Waals surface area contributed by atoms with Crippen LogP contribution in [0.1, 0.15) is 25.0 Å². The summed E-state index contributed by atoms with van der Waals surface area (Å²) in [6.07, 6.45) is 1.39. The Labute approximate surface area is 176 Å². The van der Waals surface area contributed by atoms with E-state index in [1.165, 1.54) is 17.3 Å². The van der Waals surface area contributed by atoms with Gasteiger partial charge in [-0.2, -0.15) is 0 Å². The van der Waals surface area contributed by atoms with Gasteiger partial charge in [-0.1, -0.05) is 60.4 Å². The summed E-state index contributed by atoms with van der Waals surface area (Å²) in [5.74, 6) is 1.64. The van der Waals surface area contributed by atoms with E-state index in [2.05, 4.69) is 12.1 Å². The minimum Gasteiger partial charge on any atom is -0.494 e. The molecule has 0 saturated carbocycles. The molecule has 6 heteroatoms. The molecule has 2 aromatic rings. The van der Waals surface area contributed by atoms with Crippen LogP contribution in [0, 0.1) is 0 Å². The fraction of sp³-hybridized carbons (Fsp3) is 0.364. The van der Waals surface area contributed by atoms with E-state index in [0.29, 0.717) is 30.5 Å². The van der Waals surface area contributed by atoms with Crippen LogP contribution in [-0.4, -0.2) is 40.1 Å². The smallest absolute Gasteiger partial charge is 0.241 e. The third-order valence-electron chi connectivity index (χ3n) is 4.53. The second-order valence-electron chi connectivity index (χ2n) is 6.44. The minimum atomic E-state index is -0.208. The monoisotopic (exact) mass is 415 g/mol. The Kier molecular flexibility index (Phi) is 7.34. The summed E-state index contributed by atoms with van der Waals surface area (Å²) in [5, 5.41) is -0.208. The van der Waals surface area contributed by atoms with Gasteiger partial charge in [-0.3, -0.25) is 9.69 Å². The lowest BCUT2D eigenvalue weighted by molar-refractivity contribution is -0.126. The van der Waals surface area contributed by atoms with E-state index >= 15 is 0 Å². The summed E-state index contributed by atoms with van der Waals surface area (Å²) in [6.45, 7) is 5.69. The summed E-state index contributed by atoms with van der Waals surface area (Å²) in [4.78, 5) is 14.7. The fourth-order valence-corrected chi connectivity index (χ4v) is 4.74. The van der Waals surface area contributed by atoms with Gasteiger partial charge >= 0.3 is 0 Å². The lowest BCUT2D eigenvalue weighted by atomic mass is 10.1. The van der Waals surface area contributed by atoms with E-state index < -0.39 is 0 Å². The predicted molar refractivity (Wildman–Crippen MR) is 118 cm³/mol. The summed E-state index contributed by atoms with van der Waals surface area (Å²) >= 11 is 6.96. The van der Waals surface area contributed by atoms with Crippen molar-refractivity contribution in [3.05, 3.63) is 59.7 Å². The molecule has 0 bridgehead atoms. The molecule has 1 atom stereocenters. The molecule has 0 radical (unpaired) electrons. The highest BCUT2D eigenvalue weighted by atomic mass is 32.2. The number of carbonyl (C=O) groups is 1. The van der Waals surface area contributed by atoms with Crippen molar-refractivity contribution in [1.29, 1.82) is 0 Å². The molecular formula is C22H25NO3S2. The lowest BCUT2D eigenvalue weighted by Gasteiger charge is -2.16. The van der Waals surface area contributed by atoms with Crippen molar-refractivity contribution in [2.75, 3.05) is 19.8 Å². The molecule has 4 nitrogen and oxygen atoms in total. The Morgan fingerprint density at radius 2 is 1.82 bits per heavy atom. The number of hydrogen-bond acceptors (Lipinski definition) is 5. The van der Waals surface area contributed by atoms with Crippen LogP contribution in [0.4, 0.5) is 0 Å². The number of hydrogen-bond donors (Lipinski definition) is 0. The van der Waals surface area contributed by atoms with Gasteiger partial charge in [-0.25, -0.2) is 0 Å². The normalized spacial score (nSPS) is 16.5. The molecule has 0 aliphatic carbocycles. The minimum absolute atomic E-state index is 0.0854. The Balaban J connectivity index is 1.67. The molecule has 0 unspecified atom stereocenters. The molecule has 1 aliphatic heterocycles. The molecule has 28 heavy (non-hydrogen) atoms. The predicted octanol–water partition coefficient (Wildman–Crippen LogP) is 4.50. The molecular weight excluding hydrogens is 390 g/mol. The third-order valence-corrected chi connectivity index (χ3v) is 6.11. The van der Waals surface area contributed by atoms with Crippen molar-refractivity contribution in [1.82, 2.24) is 4.90 Å². The van der Waals surface area contributed by atoms with Crippen LogP contribution >= 0.6 is 24.0 Å². The van der Waals surface area contributed by atoms with Crippen molar-refractivity contribution in [3.63, 3.8) is 0 Å². The van der Waals surface area contributed by atoms with Gasteiger partial charge in [0.2, 0.25) is 5.91 Å². The number of amides is 1. The lowest BCUT2D eigenvalue weighted by Crippen LogP contribution is -2.33. The maximum absolute atomic E-state index is 12.9. The summed E-state index contributed by atoms with van der Waals surface area (Å²) in [6, 6.07) is 16.0. The van der Waals surface area contributed by atoms with E-state index in [4.69, 9.17) is 21.7 Å². The van der Waals surface area contributed by atoms with E-state index in [1.54, 1.807) is 4.90 Å². The molecule has 1 saturated heterocycles. The van der Waals surface area contributed by atoms with Crippen LogP contribution < -0.4 is 9.47 Å². The van der Waals surface area contributed by atoms with Gasteiger partial charge < -0.3 is 9.47 Å². The quantitative estimate of drug-likeness (QED) is 0.564. The Morgan fingerprint density at radius 3 is 2.54 bits per heavy atom. The van der Waals surface area contributed by atoms with Gasteiger partial charge in [0.05, 0.1) is 18.5 Å². The molecule has 148 valence electrons. The van der Waals surface area contributed by atoms with Crippen molar-refractivity contribution in [2.45, 2.75) is 31.9 Å². The molecule has 1 heterocycles. The van der Waals surface area contributed by atoms with Crippen LogP contribution in [0.25, 0.3) is 0 Å². The maximum Gasteiger partial charge on any atom is 0.241 e. The Hall–Kier alpha value is -2.05. The summed E-state index contributed by atoms with van der Waals surface area (Å²) < 4.78 is 12.0. The number of benzene rings is 2. The molecule has 3 rings (SSSR count). The Morgan fingerprint density at radius 1 is 1.07 bits per heavy atom. The number of rotatable bonds is 9. The van der Waals surface area contributed by atoms with Crippen molar-refractivity contribution in [3.8, 4) is 11.5 Å². The van der Waals surface area contributed by atoms with Crippen LogP contribution in [-0.2, 0) is 17.6 Å². The third kappa shape index (κ3) is 5.06. The highest BCUT2D eigenvalue weighted by molar-refractivity contribution is 8.24. The molecule has 0 N–H and O–H groups in total. The van der Waals surface area contributed by atoms with Gasteiger partial charge in [0.25, 0.3) is 0 Å². The van der Waals surface area contributed by atoms with Gasteiger partial charge in [-0.05, 0) is 43.9 Å². The van der Waals surface area contributed by atoms with Crippen LogP contribution in [0.3, 0.4) is 0 Å². The SMILES string of the molecule is CCOc1ccc(C[C@@H]2SC(=S)N(CCc3ccccc3)C2=O)c(OCC)c1. The van der Waals surface area contributed by atoms with Gasteiger partial charge in [0.1, 0.15) is 15.8 Å². The summed E-state index contributed by atoms with van der Waals surface area (Å²) in [7, 11) is 0. The number of thioether (sulfide) groups is 1. The number of thiocarbonyl (C=S) groups is 1. The Bertz CT molecular complexity index is 826. The molecule has 1 aliphatic rings. The zero-order valence-electron chi connectivity index (χ0n) is 16.2. The first-order valence-electron chi connectivity index (χ1n) is 9.56. The van der Waals surface area contributed by atoms with Gasteiger partial charge in [-0.15, -0.1) is 0 Å². The van der Waals surface area contributed by atoms with Crippen molar-refractivity contribution in [2.24, 2.45) is 0 Å². The van der Waals surface area contributed by atoms with Crippen LogP contribution in [0.2, 0.25) is 0 Å². The van der Waals surface area contributed by atoms with Gasteiger partial charge in [0.15, 0.2) is 0 Å². The summed E-state index contributed by atoms with van der Waals surface area (Å²) in [5.41, 5.74) is 2.21. The number of ether oxygens (including phenoxy) is 2. The first-order valence-corrected chi connectivity index (χ1v) is 10.9. The topological polar surface area (TPSA) is 38.8 Å². The zero-order chi connectivity index (χ0) is 19.9. The highest BCUT2D eigenvalue weighted by Gasteiger charge is 2.37. The molecule has 0 spiro atoms. The largest absolute Gasteiger partial charge is 0.494 e. The van der Waals surface area contributed by atoms with E-state index in [-0.39, 0.29) is 11.2 Å². The molecule has 0 aromatic heterocycles. The first-order chi connectivity index (χ1) is 13.6. The van der Waals surface area contributed by atoms with E-state index in [1.807, 2.05) is 50.2 Å². The average Bonchev–Trinajstić information content (AvgIpc) is 2.96. The molecule has 1 fully saturated rings. The van der Waals surface area contributed by atoms with Gasteiger partial charge in [0, 0.05) is 12.6 Å². The second kappa shape index (κ2) is 9.94. The van der Waals surface area contributed by atoms with Crippen molar-refractivity contribution < 1.29 is 14.3 Å². The van der Waals surface area contributed by atoms with Crippen LogP contribution in [0.5, 0.6) is 11.5 Å². The van der Waals surface area contributed by atoms with Crippen LogP contribution in [0.15, 0.2) is 48.5 Å². The highest BCUT2D eigenvalue weighted by Crippen LogP contribution is 2.34. The van der Waals surface area contributed by atoms with E-state index in [9.17, 15) is 4.79 Å². The number of nitrogens with zero attached hydrogens (tertiary/aromatic N) is 1. The number of carbonyl (C=O) groups excluding carboxylic acids is 1. The first kappa shape index (κ1) is 20.7. The standard InChI is InChI=1S/C22H25NO3S2/c1-3-25-18-11-10-17(19(15-18)26-4-2)14-20-21(24)23(22(27)28-20)13-12-16-8-6-5-7-9-16/h5-11,15,20H,3-4,12-14H2,1-2H3/t20-/m0/s1. The zero-order valence-corrected chi connectivity index (χ0v) is 17.9. The second-order valence-corrected chi connectivity index (χ2v) is 8.27. The van der Waals surface area contributed by atoms with Crippen molar-refractivity contribution >= 4 is 34.2 Å². The average molecular weight is 416 g/mol. The molecule has 2 aromatic carbocycles. The van der Waals surface area contributed by atoms with E-state index in [0.717, 1.165) is 23.5 Å². The molecule has 1 amide bonds.